The van der Waals surface area contributed by atoms with E-state index >= 15 is 0 Å². The SMILES string of the molecule is CC(=O)N1CCCC(CN=C(N)NC2CC2)C1. The van der Waals surface area contributed by atoms with E-state index in [9.17, 15) is 4.79 Å². The monoisotopic (exact) mass is 238 g/mol. The minimum Gasteiger partial charge on any atom is -0.370 e. The molecule has 1 unspecified atom stereocenters. The number of likely N-dealkylation sites (tertiary alicyclic amines) is 1. The first-order chi connectivity index (χ1) is 8.15. The Kier molecular flexibility index (Phi) is 3.86. The lowest BCUT2D eigenvalue weighted by atomic mass is 9.98. The number of carbonyl (C=O) groups is 1. The van der Waals surface area contributed by atoms with Gasteiger partial charge in [-0.1, -0.05) is 0 Å². The molecule has 5 heteroatoms. The Morgan fingerprint density at radius 2 is 2.24 bits per heavy atom. The zero-order valence-electron chi connectivity index (χ0n) is 10.5. The van der Waals surface area contributed by atoms with Crippen molar-refractivity contribution in [3.8, 4) is 0 Å². The lowest BCUT2D eigenvalue weighted by Gasteiger charge is -2.31. The summed E-state index contributed by atoms with van der Waals surface area (Å²) in [7, 11) is 0. The minimum atomic E-state index is 0.169. The van der Waals surface area contributed by atoms with E-state index in [-0.39, 0.29) is 5.91 Å². The van der Waals surface area contributed by atoms with Crippen molar-refractivity contribution in [2.45, 2.75) is 38.6 Å². The summed E-state index contributed by atoms with van der Waals surface area (Å²) in [4.78, 5) is 17.6. The van der Waals surface area contributed by atoms with Crippen molar-refractivity contribution in [3.63, 3.8) is 0 Å². The summed E-state index contributed by atoms with van der Waals surface area (Å²) in [6, 6.07) is 0.554. The van der Waals surface area contributed by atoms with Crippen LogP contribution < -0.4 is 11.1 Å². The molecule has 1 aliphatic carbocycles. The molecule has 0 spiro atoms. The average molecular weight is 238 g/mol. The summed E-state index contributed by atoms with van der Waals surface area (Å²) in [5.74, 6) is 1.20. The fourth-order valence-corrected chi connectivity index (χ4v) is 2.21. The number of nitrogens with one attached hydrogen (secondary N) is 1. The molecule has 0 aromatic rings. The largest absolute Gasteiger partial charge is 0.370 e. The van der Waals surface area contributed by atoms with Gasteiger partial charge in [0.25, 0.3) is 0 Å². The molecular weight excluding hydrogens is 216 g/mol. The van der Waals surface area contributed by atoms with Crippen LogP contribution in [0.15, 0.2) is 4.99 Å². The predicted molar refractivity (Wildman–Crippen MR) is 67.6 cm³/mol. The molecule has 1 saturated heterocycles. The maximum Gasteiger partial charge on any atom is 0.219 e. The van der Waals surface area contributed by atoms with Crippen LogP contribution in [0.5, 0.6) is 0 Å². The van der Waals surface area contributed by atoms with Gasteiger partial charge in [0.15, 0.2) is 5.96 Å². The van der Waals surface area contributed by atoms with Crippen LogP contribution in [0.25, 0.3) is 0 Å². The van der Waals surface area contributed by atoms with Crippen molar-refractivity contribution < 1.29 is 4.79 Å². The average Bonchev–Trinajstić information content (AvgIpc) is 3.11. The van der Waals surface area contributed by atoms with Crippen LogP contribution >= 0.6 is 0 Å². The molecule has 2 aliphatic rings. The van der Waals surface area contributed by atoms with Gasteiger partial charge in [-0.15, -0.1) is 0 Å². The molecule has 96 valence electrons. The molecule has 1 atom stereocenters. The van der Waals surface area contributed by atoms with Crippen molar-refractivity contribution in [1.29, 1.82) is 0 Å². The highest BCUT2D eigenvalue weighted by atomic mass is 16.2. The quantitative estimate of drug-likeness (QED) is 0.549. The number of nitrogens with two attached hydrogens (primary N) is 1. The Morgan fingerprint density at radius 3 is 2.88 bits per heavy atom. The Bertz CT molecular complexity index is 312. The molecule has 3 N–H and O–H groups in total. The normalized spacial score (nSPS) is 25.8. The van der Waals surface area contributed by atoms with Crippen LogP contribution in [0.4, 0.5) is 0 Å². The molecule has 0 radical (unpaired) electrons. The predicted octanol–water partition coefficient (Wildman–Crippen LogP) is 0.312. The molecule has 0 aromatic heterocycles. The first kappa shape index (κ1) is 12.2. The van der Waals surface area contributed by atoms with E-state index < -0.39 is 0 Å². The Balaban J connectivity index is 1.75. The van der Waals surface area contributed by atoms with Gasteiger partial charge in [0, 0.05) is 32.6 Å². The molecular formula is C12H22N4O. The lowest BCUT2D eigenvalue weighted by Crippen LogP contribution is -2.40. The number of hydrogen-bond acceptors (Lipinski definition) is 2. The standard InChI is InChI=1S/C12H22N4O/c1-9(17)16-6-2-3-10(8-16)7-14-12(13)15-11-4-5-11/h10-11H,2-8H2,1H3,(H3,13,14,15). The zero-order valence-corrected chi connectivity index (χ0v) is 10.5. The topological polar surface area (TPSA) is 70.7 Å². The van der Waals surface area contributed by atoms with Gasteiger partial charge < -0.3 is 16.0 Å². The van der Waals surface area contributed by atoms with E-state index in [1.54, 1.807) is 6.92 Å². The highest BCUT2D eigenvalue weighted by Crippen LogP contribution is 2.19. The fourth-order valence-electron chi connectivity index (χ4n) is 2.21. The van der Waals surface area contributed by atoms with Crippen molar-refractivity contribution >= 4 is 11.9 Å². The molecule has 1 heterocycles. The summed E-state index contributed by atoms with van der Waals surface area (Å²) in [5, 5.41) is 3.17. The number of carbonyl (C=O) groups excluding carboxylic acids is 1. The highest BCUT2D eigenvalue weighted by molar-refractivity contribution is 5.78. The summed E-state index contributed by atoms with van der Waals surface area (Å²) < 4.78 is 0. The minimum absolute atomic E-state index is 0.169. The summed E-state index contributed by atoms with van der Waals surface area (Å²) >= 11 is 0. The van der Waals surface area contributed by atoms with Gasteiger partial charge in [-0.05, 0) is 31.6 Å². The van der Waals surface area contributed by atoms with Gasteiger partial charge in [0.1, 0.15) is 0 Å². The van der Waals surface area contributed by atoms with Gasteiger partial charge in [-0.25, -0.2) is 0 Å². The smallest absolute Gasteiger partial charge is 0.219 e. The molecule has 1 amide bonds. The Morgan fingerprint density at radius 1 is 1.47 bits per heavy atom. The van der Waals surface area contributed by atoms with Gasteiger partial charge >= 0.3 is 0 Å². The van der Waals surface area contributed by atoms with Gasteiger partial charge in [0.2, 0.25) is 5.91 Å². The van der Waals surface area contributed by atoms with E-state index in [4.69, 9.17) is 5.73 Å². The van der Waals surface area contributed by atoms with Crippen LogP contribution in [0.2, 0.25) is 0 Å². The van der Waals surface area contributed by atoms with Crippen LogP contribution in [-0.2, 0) is 4.79 Å². The Hall–Kier alpha value is -1.26. The van der Waals surface area contributed by atoms with Gasteiger partial charge in [-0.2, -0.15) is 0 Å². The molecule has 0 aromatic carbocycles. The molecule has 2 rings (SSSR count). The maximum atomic E-state index is 11.3. The van der Waals surface area contributed by atoms with E-state index in [0.717, 1.165) is 32.5 Å². The number of hydrogen-bond donors (Lipinski definition) is 2. The van der Waals surface area contributed by atoms with E-state index in [1.165, 1.54) is 12.8 Å². The van der Waals surface area contributed by atoms with Gasteiger partial charge in [0.05, 0.1) is 0 Å². The summed E-state index contributed by atoms with van der Waals surface area (Å²) in [6.45, 7) is 4.09. The first-order valence-electron chi connectivity index (χ1n) is 6.47. The van der Waals surface area contributed by atoms with Crippen LogP contribution in [0, 0.1) is 5.92 Å². The molecule has 5 nitrogen and oxygen atoms in total. The maximum absolute atomic E-state index is 11.3. The summed E-state index contributed by atoms with van der Waals surface area (Å²) in [5.41, 5.74) is 5.78. The van der Waals surface area contributed by atoms with Crippen molar-refractivity contribution in [3.05, 3.63) is 0 Å². The molecule has 2 fully saturated rings. The molecule has 1 saturated carbocycles. The first-order valence-corrected chi connectivity index (χ1v) is 6.47. The number of amides is 1. The van der Waals surface area contributed by atoms with Crippen LogP contribution in [0.3, 0.4) is 0 Å². The van der Waals surface area contributed by atoms with Gasteiger partial charge in [-0.3, -0.25) is 9.79 Å². The second kappa shape index (κ2) is 5.38. The number of nitrogens with zero attached hydrogens (tertiary/aromatic N) is 2. The third kappa shape index (κ3) is 3.91. The molecule has 17 heavy (non-hydrogen) atoms. The highest BCUT2D eigenvalue weighted by Gasteiger charge is 2.23. The molecule has 0 bridgehead atoms. The van der Waals surface area contributed by atoms with E-state index in [1.807, 2.05) is 4.90 Å². The van der Waals surface area contributed by atoms with E-state index in [2.05, 4.69) is 10.3 Å². The van der Waals surface area contributed by atoms with Crippen LogP contribution in [-0.4, -0.2) is 42.4 Å². The zero-order chi connectivity index (χ0) is 12.3. The second-order valence-electron chi connectivity index (χ2n) is 5.12. The number of rotatable bonds is 3. The lowest BCUT2D eigenvalue weighted by molar-refractivity contribution is -0.130. The third-order valence-corrected chi connectivity index (χ3v) is 3.41. The Labute approximate surface area is 102 Å². The van der Waals surface area contributed by atoms with Crippen molar-refractivity contribution in [2.75, 3.05) is 19.6 Å². The fraction of sp³-hybridized carbons (Fsp3) is 0.833. The number of aliphatic imine (C=N–C) groups is 1. The van der Waals surface area contributed by atoms with Crippen molar-refractivity contribution in [2.24, 2.45) is 16.6 Å². The third-order valence-electron chi connectivity index (χ3n) is 3.41. The number of piperidine rings is 1. The summed E-state index contributed by atoms with van der Waals surface area (Å²) in [6.07, 6.45) is 4.63. The van der Waals surface area contributed by atoms with E-state index in [0.29, 0.717) is 17.9 Å². The van der Waals surface area contributed by atoms with Crippen molar-refractivity contribution in [1.82, 2.24) is 10.2 Å². The molecule has 1 aliphatic heterocycles. The van der Waals surface area contributed by atoms with Crippen LogP contribution in [0.1, 0.15) is 32.6 Å². The number of guanidine groups is 1. The second-order valence-corrected chi connectivity index (χ2v) is 5.12.